The summed E-state index contributed by atoms with van der Waals surface area (Å²) in [5, 5.41) is 7.06. The van der Waals surface area contributed by atoms with Gasteiger partial charge >= 0.3 is 0 Å². The number of nitrogens with one attached hydrogen (secondary N) is 1. The summed E-state index contributed by atoms with van der Waals surface area (Å²) >= 11 is 1.33. The van der Waals surface area contributed by atoms with Gasteiger partial charge in [0.15, 0.2) is 5.16 Å². The van der Waals surface area contributed by atoms with Crippen LogP contribution in [0.1, 0.15) is 11.5 Å². The normalized spacial score (nSPS) is 10.6. The molecule has 1 amide bonds. The molecule has 96 valence electrons. The molecule has 1 N–H and O–H groups in total. The highest BCUT2D eigenvalue weighted by Crippen LogP contribution is 2.13. The Morgan fingerprint density at radius 1 is 1.56 bits per heavy atom. The molecule has 7 heteroatoms. The van der Waals surface area contributed by atoms with E-state index in [9.17, 15) is 4.79 Å². The zero-order valence-electron chi connectivity index (χ0n) is 10.2. The fourth-order valence-electron chi connectivity index (χ4n) is 1.40. The number of H-pyrrole nitrogens is 1. The van der Waals surface area contributed by atoms with Gasteiger partial charge in [-0.05, 0) is 19.1 Å². The summed E-state index contributed by atoms with van der Waals surface area (Å²) in [5.74, 6) is 1.98. The Labute approximate surface area is 109 Å². The second-order valence-electron chi connectivity index (χ2n) is 3.84. The smallest absolute Gasteiger partial charge is 0.233 e. The molecular formula is C11H14N4O2S. The number of carbonyl (C=O) groups is 1. The topological polar surface area (TPSA) is 75.0 Å². The molecule has 0 radical (unpaired) electrons. The molecule has 2 heterocycles. The van der Waals surface area contributed by atoms with E-state index >= 15 is 0 Å². The summed E-state index contributed by atoms with van der Waals surface area (Å²) in [5.41, 5.74) is 0. The predicted octanol–water partition coefficient (Wildman–Crippen LogP) is 1.46. The third kappa shape index (κ3) is 3.36. The van der Waals surface area contributed by atoms with Crippen LogP contribution < -0.4 is 0 Å². The summed E-state index contributed by atoms with van der Waals surface area (Å²) < 4.78 is 5.43. The van der Waals surface area contributed by atoms with Crippen molar-refractivity contribution < 1.29 is 9.21 Å². The van der Waals surface area contributed by atoms with Gasteiger partial charge < -0.3 is 9.32 Å². The van der Waals surface area contributed by atoms with E-state index in [1.165, 1.54) is 18.1 Å². The number of nitrogens with zero attached hydrogens (tertiary/aromatic N) is 3. The minimum absolute atomic E-state index is 0.0189. The Morgan fingerprint density at radius 3 is 3.00 bits per heavy atom. The first-order valence-corrected chi connectivity index (χ1v) is 6.41. The minimum atomic E-state index is 0.0189. The van der Waals surface area contributed by atoms with Gasteiger partial charge in [-0.25, -0.2) is 4.98 Å². The third-order valence-corrected chi connectivity index (χ3v) is 3.20. The van der Waals surface area contributed by atoms with Crippen molar-refractivity contribution in [1.82, 2.24) is 20.1 Å². The van der Waals surface area contributed by atoms with Gasteiger partial charge in [-0.2, -0.15) is 5.10 Å². The third-order valence-electron chi connectivity index (χ3n) is 2.34. The second-order valence-corrected chi connectivity index (χ2v) is 4.81. The lowest BCUT2D eigenvalue weighted by molar-refractivity contribution is -0.127. The Kier molecular flexibility index (Phi) is 4.03. The van der Waals surface area contributed by atoms with Gasteiger partial charge in [0.05, 0.1) is 12.3 Å². The molecule has 0 saturated heterocycles. The van der Waals surface area contributed by atoms with Crippen LogP contribution in [0, 0.1) is 6.92 Å². The maximum absolute atomic E-state index is 11.9. The van der Waals surface area contributed by atoms with Crippen molar-refractivity contribution in [2.24, 2.45) is 0 Å². The molecule has 0 aromatic carbocycles. The van der Waals surface area contributed by atoms with E-state index in [2.05, 4.69) is 15.2 Å². The molecule has 0 unspecified atom stereocenters. The molecule has 2 aromatic heterocycles. The zero-order chi connectivity index (χ0) is 13.0. The number of hydrogen-bond donors (Lipinski definition) is 1. The number of aromatic amines is 1. The van der Waals surface area contributed by atoms with E-state index < -0.39 is 0 Å². The van der Waals surface area contributed by atoms with E-state index in [0.717, 1.165) is 11.5 Å². The summed E-state index contributed by atoms with van der Waals surface area (Å²) in [4.78, 5) is 17.4. The molecule has 0 aliphatic carbocycles. The highest BCUT2D eigenvalue weighted by Gasteiger charge is 2.12. The maximum atomic E-state index is 11.9. The fraction of sp³-hybridized carbons (Fsp3) is 0.364. The summed E-state index contributed by atoms with van der Waals surface area (Å²) in [7, 11) is 1.75. The lowest BCUT2D eigenvalue weighted by atomic mass is 10.4. The first kappa shape index (κ1) is 12.7. The molecule has 0 saturated carbocycles. The number of carbonyl (C=O) groups excluding carboxylic acids is 1. The van der Waals surface area contributed by atoms with Crippen molar-refractivity contribution in [3.63, 3.8) is 0 Å². The van der Waals surface area contributed by atoms with Crippen LogP contribution in [-0.4, -0.2) is 38.8 Å². The number of hydrogen-bond acceptors (Lipinski definition) is 5. The number of rotatable bonds is 5. The fourth-order valence-corrected chi connectivity index (χ4v) is 2.12. The van der Waals surface area contributed by atoms with Crippen molar-refractivity contribution in [2.45, 2.75) is 18.6 Å². The van der Waals surface area contributed by atoms with E-state index in [1.54, 1.807) is 11.9 Å². The molecule has 18 heavy (non-hydrogen) atoms. The van der Waals surface area contributed by atoms with Crippen LogP contribution >= 0.6 is 11.8 Å². The van der Waals surface area contributed by atoms with Crippen LogP contribution in [0.4, 0.5) is 0 Å². The lowest BCUT2D eigenvalue weighted by Gasteiger charge is -2.14. The van der Waals surface area contributed by atoms with Gasteiger partial charge in [0.1, 0.15) is 17.8 Å². The molecule has 0 atom stereocenters. The average Bonchev–Trinajstić information content (AvgIpc) is 2.97. The summed E-state index contributed by atoms with van der Waals surface area (Å²) in [6.45, 7) is 2.36. The maximum Gasteiger partial charge on any atom is 0.233 e. The minimum Gasteiger partial charge on any atom is -0.464 e. The van der Waals surface area contributed by atoms with Crippen molar-refractivity contribution in [2.75, 3.05) is 12.8 Å². The molecule has 0 fully saturated rings. The molecule has 2 rings (SSSR count). The van der Waals surface area contributed by atoms with Crippen molar-refractivity contribution in [3.05, 3.63) is 30.0 Å². The molecule has 0 aliphatic heterocycles. The number of aromatic nitrogens is 3. The van der Waals surface area contributed by atoms with Crippen LogP contribution in [0.5, 0.6) is 0 Å². The zero-order valence-corrected chi connectivity index (χ0v) is 11.0. The largest absolute Gasteiger partial charge is 0.464 e. The number of furan rings is 1. The monoisotopic (exact) mass is 266 g/mol. The van der Waals surface area contributed by atoms with Gasteiger partial charge in [-0.1, -0.05) is 11.8 Å². The predicted molar refractivity (Wildman–Crippen MR) is 67.0 cm³/mol. The molecule has 6 nitrogen and oxygen atoms in total. The lowest BCUT2D eigenvalue weighted by Crippen LogP contribution is -2.27. The van der Waals surface area contributed by atoms with Crippen LogP contribution in [0.25, 0.3) is 0 Å². The Balaban J connectivity index is 1.81. The quantitative estimate of drug-likeness (QED) is 0.829. The molecular weight excluding hydrogens is 252 g/mol. The Hall–Kier alpha value is -1.76. The number of thioether (sulfide) groups is 1. The first-order chi connectivity index (χ1) is 8.65. The van der Waals surface area contributed by atoms with E-state index in [-0.39, 0.29) is 5.91 Å². The number of amides is 1. The van der Waals surface area contributed by atoms with Crippen molar-refractivity contribution >= 4 is 17.7 Å². The molecule has 0 spiro atoms. The van der Waals surface area contributed by atoms with Crippen molar-refractivity contribution in [3.8, 4) is 0 Å². The summed E-state index contributed by atoms with van der Waals surface area (Å²) in [6, 6.07) is 3.76. The van der Waals surface area contributed by atoms with Gasteiger partial charge in [-0.15, -0.1) is 0 Å². The van der Waals surface area contributed by atoms with Gasteiger partial charge in [0.25, 0.3) is 0 Å². The Morgan fingerprint density at radius 2 is 2.39 bits per heavy atom. The van der Waals surface area contributed by atoms with Crippen LogP contribution in [-0.2, 0) is 11.3 Å². The highest BCUT2D eigenvalue weighted by molar-refractivity contribution is 7.99. The second kappa shape index (κ2) is 5.72. The number of aryl methyl sites for hydroxylation is 1. The molecule has 0 bridgehead atoms. The van der Waals surface area contributed by atoms with Gasteiger partial charge in [0.2, 0.25) is 5.91 Å². The standard InChI is InChI=1S/C11H14N4O2S/c1-8-3-4-9(17-8)5-15(2)10(16)6-18-11-12-7-13-14-11/h3-4,7H,5-6H2,1-2H3,(H,12,13,14). The van der Waals surface area contributed by atoms with E-state index in [4.69, 9.17) is 4.42 Å². The highest BCUT2D eigenvalue weighted by atomic mass is 32.2. The Bertz CT molecular complexity index is 509. The van der Waals surface area contributed by atoms with Crippen LogP contribution in [0.3, 0.4) is 0 Å². The van der Waals surface area contributed by atoms with Crippen LogP contribution in [0.15, 0.2) is 28.0 Å². The van der Waals surface area contributed by atoms with Gasteiger partial charge in [0, 0.05) is 7.05 Å². The van der Waals surface area contributed by atoms with Gasteiger partial charge in [-0.3, -0.25) is 9.89 Å². The molecule has 0 aliphatic rings. The SMILES string of the molecule is Cc1ccc(CN(C)C(=O)CSc2ncn[nH]2)o1. The van der Waals surface area contributed by atoms with E-state index in [0.29, 0.717) is 17.5 Å². The average molecular weight is 266 g/mol. The summed E-state index contributed by atoms with van der Waals surface area (Å²) in [6.07, 6.45) is 1.42. The van der Waals surface area contributed by atoms with Crippen molar-refractivity contribution in [1.29, 1.82) is 0 Å². The first-order valence-electron chi connectivity index (χ1n) is 5.42. The molecule has 2 aromatic rings. The van der Waals surface area contributed by atoms with E-state index in [1.807, 2.05) is 19.1 Å². The van der Waals surface area contributed by atoms with Crippen LogP contribution in [0.2, 0.25) is 0 Å².